The molecule has 9 heteroatoms. The van der Waals surface area contributed by atoms with Gasteiger partial charge in [-0.3, -0.25) is 9.98 Å². The SMILES string of the molecule is CN=C(NCCc1noc(-c2ccccn2)n1)N(C)Cc1cccc(F)c1.I. The molecule has 0 bridgehead atoms. The Morgan fingerprint density at radius 1 is 1.25 bits per heavy atom. The Bertz CT molecular complexity index is 902. The minimum atomic E-state index is -0.246. The summed E-state index contributed by atoms with van der Waals surface area (Å²) in [6.45, 7) is 1.13. The van der Waals surface area contributed by atoms with Gasteiger partial charge in [-0.05, 0) is 29.8 Å². The lowest BCUT2D eigenvalue weighted by Gasteiger charge is -2.22. The van der Waals surface area contributed by atoms with E-state index in [1.807, 2.05) is 36.2 Å². The Hall–Kier alpha value is -2.56. The molecular formula is C19H22FIN6O. The number of aromatic nitrogens is 3. The van der Waals surface area contributed by atoms with Gasteiger partial charge in [0.25, 0.3) is 5.89 Å². The zero-order valence-electron chi connectivity index (χ0n) is 15.7. The largest absolute Gasteiger partial charge is 0.356 e. The van der Waals surface area contributed by atoms with Gasteiger partial charge in [-0.2, -0.15) is 4.98 Å². The highest BCUT2D eigenvalue weighted by molar-refractivity contribution is 14.0. The van der Waals surface area contributed by atoms with Crippen molar-refractivity contribution in [3.8, 4) is 11.6 Å². The van der Waals surface area contributed by atoms with Crippen LogP contribution in [0.25, 0.3) is 11.6 Å². The molecule has 0 saturated heterocycles. The molecule has 7 nitrogen and oxygen atoms in total. The summed E-state index contributed by atoms with van der Waals surface area (Å²) in [4.78, 5) is 14.7. The van der Waals surface area contributed by atoms with Crippen LogP contribution in [0.4, 0.5) is 4.39 Å². The Morgan fingerprint density at radius 3 is 2.82 bits per heavy atom. The van der Waals surface area contributed by atoms with Crippen LogP contribution in [-0.4, -0.2) is 46.6 Å². The van der Waals surface area contributed by atoms with E-state index in [4.69, 9.17) is 4.52 Å². The maximum Gasteiger partial charge on any atom is 0.276 e. The number of aliphatic imine (C=N–C) groups is 1. The summed E-state index contributed by atoms with van der Waals surface area (Å²) in [6.07, 6.45) is 2.25. The van der Waals surface area contributed by atoms with E-state index in [0.717, 1.165) is 5.56 Å². The minimum Gasteiger partial charge on any atom is -0.356 e. The van der Waals surface area contributed by atoms with Gasteiger partial charge >= 0.3 is 0 Å². The zero-order valence-corrected chi connectivity index (χ0v) is 18.0. The number of halogens is 2. The van der Waals surface area contributed by atoms with E-state index >= 15 is 0 Å². The average Bonchev–Trinajstić information content (AvgIpc) is 3.15. The quantitative estimate of drug-likeness (QED) is 0.321. The zero-order chi connectivity index (χ0) is 19.1. The van der Waals surface area contributed by atoms with Crippen LogP contribution in [0.1, 0.15) is 11.4 Å². The molecular weight excluding hydrogens is 474 g/mol. The van der Waals surface area contributed by atoms with Crippen molar-refractivity contribution < 1.29 is 8.91 Å². The molecule has 0 spiro atoms. The van der Waals surface area contributed by atoms with Crippen LogP contribution in [0, 0.1) is 5.82 Å². The smallest absolute Gasteiger partial charge is 0.276 e. The molecule has 0 aliphatic heterocycles. The van der Waals surface area contributed by atoms with Gasteiger partial charge in [0.2, 0.25) is 0 Å². The molecule has 1 N–H and O–H groups in total. The lowest BCUT2D eigenvalue weighted by molar-refractivity contribution is 0.420. The van der Waals surface area contributed by atoms with Crippen molar-refractivity contribution in [3.63, 3.8) is 0 Å². The van der Waals surface area contributed by atoms with Gasteiger partial charge < -0.3 is 14.7 Å². The van der Waals surface area contributed by atoms with E-state index in [1.54, 1.807) is 19.3 Å². The van der Waals surface area contributed by atoms with E-state index < -0.39 is 0 Å². The number of benzene rings is 1. The number of nitrogens with zero attached hydrogens (tertiary/aromatic N) is 5. The third-order valence-electron chi connectivity index (χ3n) is 3.87. The highest BCUT2D eigenvalue weighted by atomic mass is 127. The van der Waals surface area contributed by atoms with Gasteiger partial charge in [-0.1, -0.05) is 23.4 Å². The lowest BCUT2D eigenvalue weighted by Crippen LogP contribution is -2.39. The summed E-state index contributed by atoms with van der Waals surface area (Å²) < 4.78 is 18.6. The van der Waals surface area contributed by atoms with Crippen LogP contribution >= 0.6 is 24.0 Å². The fourth-order valence-electron chi connectivity index (χ4n) is 2.60. The van der Waals surface area contributed by atoms with Crippen molar-refractivity contribution in [2.45, 2.75) is 13.0 Å². The van der Waals surface area contributed by atoms with E-state index in [2.05, 4.69) is 25.4 Å². The van der Waals surface area contributed by atoms with E-state index in [-0.39, 0.29) is 29.8 Å². The predicted molar refractivity (Wildman–Crippen MR) is 116 cm³/mol. The molecule has 0 amide bonds. The van der Waals surface area contributed by atoms with Crippen molar-refractivity contribution in [2.75, 3.05) is 20.6 Å². The summed E-state index contributed by atoms with van der Waals surface area (Å²) in [7, 11) is 3.60. The molecule has 28 heavy (non-hydrogen) atoms. The molecule has 1 aromatic carbocycles. The van der Waals surface area contributed by atoms with E-state index in [1.165, 1.54) is 12.1 Å². The van der Waals surface area contributed by atoms with Gasteiger partial charge in [0.15, 0.2) is 11.8 Å². The van der Waals surface area contributed by atoms with Crippen molar-refractivity contribution in [1.29, 1.82) is 0 Å². The molecule has 0 aliphatic carbocycles. The normalized spacial score (nSPS) is 11.0. The number of nitrogens with one attached hydrogen (secondary N) is 1. The topological polar surface area (TPSA) is 79.4 Å². The Morgan fingerprint density at radius 2 is 2.11 bits per heavy atom. The fourth-order valence-corrected chi connectivity index (χ4v) is 2.60. The molecule has 0 unspecified atom stereocenters. The molecule has 2 heterocycles. The Balaban J connectivity index is 0.00000280. The Kier molecular flexibility index (Phi) is 8.30. The van der Waals surface area contributed by atoms with Crippen LogP contribution < -0.4 is 5.32 Å². The number of rotatable bonds is 6. The maximum absolute atomic E-state index is 13.3. The van der Waals surface area contributed by atoms with Gasteiger partial charge in [0, 0.05) is 39.8 Å². The van der Waals surface area contributed by atoms with Gasteiger partial charge in [-0.25, -0.2) is 4.39 Å². The second-order valence-electron chi connectivity index (χ2n) is 5.94. The van der Waals surface area contributed by atoms with Crippen LogP contribution in [0.3, 0.4) is 0 Å². The molecule has 148 valence electrons. The minimum absolute atomic E-state index is 0. The number of hydrogen-bond donors (Lipinski definition) is 1. The van der Waals surface area contributed by atoms with E-state index in [0.29, 0.717) is 42.9 Å². The summed E-state index contributed by atoms with van der Waals surface area (Å²) >= 11 is 0. The van der Waals surface area contributed by atoms with Crippen molar-refractivity contribution in [3.05, 3.63) is 65.9 Å². The molecule has 0 fully saturated rings. The van der Waals surface area contributed by atoms with Gasteiger partial charge in [-0.15, -0.1) is 24.0 Å². The second kappa shape index (κ2) is 10.7. The van der Waals surface area contributed by atoms with Crippen LogP contribution in [0.5, 0.6) is 0 Å². The first-order chi connectivity index (χ1) is 13.2. The standard InChI is InChI=1S/C19H21FN6O.HI/c1-21-19(26(2)13-14-6-5-7-15(20)12-14)23-11-9-17-24-18(27-25-17)16-8-3-4-10-22-16;/h3-8,10,12H,9,11,13H2,1-2H3,(H,21,23);1H. The highest BCUT2D eigenvalue weighted by Gasteiger charge is 2.11. The predicted octanol–water partition coefficient (Wildman–Crippen LogP) is 3.14. The summed E-state index contributed by atoms with van der Waals surface area (Å²) in [5.74, 6) is 1.45. The monoisotopic (exact) mass is 496 g/mol. The number of pyridine rings is 1. The molecule has 0 atom stereocenters. The first-order valence-electron chi connectivity index (χ1n) is 8.56. The molecule has 0 saturated carbocycles. The first kappa shape index (κ1) is 21.7. The summed E-state index contributed by atoms with van der Waals surface area (Å²) in [5, 5.41) is 7.22. The first-order valence-corrected chi connectivity index (χ1v) is 8.56. The number of guanidine groups is 1. The maximum atomic E-state index is 13.3. The number of hydrogen-bond acceptors (Lipinski definition) is 5. The van der Waals surface area contributed by atoms with Crippen LogP contribution in [-0.2, 0) is 13.0 Å². The average molecular weight is 496 g/mol. The van der Waals surface area contributed by atoms with Gasteiger partial charge in [0.1, 0.15) is 11.5 Å². The second-order valence-corrected chi connectivity index (χ2v) is 5.94. The summed E-state index contributed by atoms with van der Waals surface area (Å²) in [6, 6.07) is 12.0. The molecule has 0 aliphatic rings. The third-order valence-corrected chi connectivity index (χ3v) is 3.87. The summed E-state index contributed by atoms with van der Waals surface area (Å²) in [5.41, 5.74) is 1.52. The highest BCUT2D eigenvalue weighted by Crippen LogP contribution is 2.13. The third kappa shape index (κ3) is 5.98. The van der Waals surface area contributed by atoms with Crippen molar-refractivity contribution in [2.24, 2.45) is 4.99 Å². The molecule has 3 aromatic rings. The van der Waals surface area contributed by atoms with Crippen LogP contribution in [0.2, 0.25) is 0 Å². The van der Waals surface area contributed by atoms with Crippen molar-refractivity contribution in [1.82, 2.24) is 25.3 Å². The van der Waals surface area contributed by atoms with Crippen molar-refractivity contribution >= 4 is 29.9 Å². The molecule has 2 aromatic heterocycles. The Labute approximate surface area is 180 Å². The molecule has 3 rings (SSSR count). The fraction of sp³-hybridized carbons (Fsp3) is 0.263. The van der Waals surface area contributed by atoms with E-state index in [9.17, 15) is 4.39 Å². The molecule has 0 radical (unpaired) electrons. The lowest BCUT2D eigenvalue weighted by atomic mass is 10.2. The van der Waals surface area contributed by atoms with Gasteiger partial charge in [0.05, 0.1) is 0 Å². The van der Waals surface area contributed by atoms with Crippen LogP contribution in [0.15, 0.2) is 58.2 Å².